The summed E-state index contributed by atoms with van der Waals surface area (Å²) in [5, 5.41) is 17.2. The minimum absolute atomic E-state index is 0.221. The Hall–Kier alpha value is -2.44. The van der Waals surface area contributed by atoms with E-state index in [-0.39, 0.29) is 17.7 Å². The molecule has 2 aromatic rings. The molecule has 6 heteroatoms. The quantitative estimate of drug-likeness (QED) is 0.727. The van der Waals surface area contributed by atoms with Gasteiger partial charge in [0.2, 0.25) is 5.91 Å². The summed E-state index contributed by atoms with van der Waals surface area (Å²) in [6.07, 6.45) is 0.0623. The molecule has 1 aliphatic heterocycles. The number of fused-ring (bicyclic) bond motifs is 1. The Bertz CT molecular complexity index is 815. The summed E-state index contributed by atoms with van der Waals surface area (Å²) in [4.78, 5) is 25.6. The van der Waals surface area contributed by atoms with Crippen molar-refractivity contribution in [2.24, 2.45) is 5.92 Å². The third-order valence-electron chi connectivity index (χ3n) is 4.75. The molecule has 2 amide bonds. The number of benzene rings is 2. The second-order valence-corrected chi connectivity index (χ2v) is 7.35. The number of aliphatic hydroxyl groups excluding tert-OH is 1. The van der Waals surface area contributed by atoms with Crippen LogP contribution in [0.3, 0.4) is 0 Å². The Labute approximate surface area is 158 Å². The summed E-state index contributed by atoms with van der Waals surface area (Å²) < 4.78 is 5.08. The van der Waals surface area contributed by atoms with E-state index >= 15 is 0 Å². The first kappa shape index (κ1) is 19.3. The van der Waals surface area contributed by atoms with E-state index in [1.807, 2.05) is 50.2 Å². The van der Waals surface area contributed by atoms with Crippen LogP contribution in [0, 0.1) is 5.92 Å². The Balaban J connectivity index is 1.77. The Morgan fingerprint density at radius 3 is 2.63 bits per heavy atom. The monoisotopic (exact) mass is 370 g/mol. The van der Waals surface area contributed by atoms with Gasteiger partial charge < -0.3 is 20.5 Å². The van der Waals surface area contributed by atoms with Crippen LogP contribution in [-0.2, 0) is 9.53 Å². The smallest absolute Gasteiger partial charge is 0.252 e. The normalized spacial score (nSPS) is 20.6. The lowest BCUT2D eigenvalue weighted by Gasteiger charge is -2.23. The molecule has 6 nitrogen and oxygen atoms in total. The van der Waals surface area contributed by atoms with Crippen LogP contribution < -0.4 is 10.6 Å². The summed E-state index contributed by atoms with van der Waals surface area (Å²) in [5.41, 5.74) is 0.541. The molecule has 2 aromatic carbocycles. The molecule has 0 saturated carbocycles. The van der Waals surface area contributed by atoms with Gasteiger partial charge in [0.25, 0.3) is 5.91 Å². The topological polar surface area (TPSA) is 87.7 Å². The average molecular weight is 370 g/mol. The maximum atomic E-state index is 12.9. The van der Waals surface area contributed by atoms with Gasteiger partial charge in [-0.2, -0.15) is 0 Å². The molecule has 1 aliphatic rings. The second-order valence-electron chi connectivity index (χ2n) is 7.35. The molecule has 3 atom stereocenters. The molecule has 27 heavy (non-hydrogen) atoms. The second kappa shape index (κ2) is 8.50. The van der Waals surface area contributed by atoms with E-state index < -0.39 is 18.4 Å². The summed E-state index contributed by atoms with van der Waals surface area (Å²) >= 11 is 0. The van der Waals surface area contributed by atoms with E-state index in [4.69, 9.17) is 4.74 Å². The molecule has 3 rings (SSSR count). The van der Waals surface area contributed by atoms with Crippen LogP contribution in [0.1, 0.15) is 37.0 Å². The molecular weight excluding hydrogens is 344 g/mol. The molecule has 3 N–H and O–H groups in total. The summed E-state index contributed by atoms with van der Waals surface area (Å²) in [5.74, 6) is -0.360. The first-order valence-corrected chi connectivity index (χ1v) is 9.34. The predicted molar refractivity (Wildman–Crippen MR) is 103 cm³/mol. The number of rotatable bonds is 6. The average Bonchev–Trinajstić information content (AvgIpc) is 3.04. The van der Waals surface area contributed by atoms with Crippen molar-refractivity contribution in [1.29, 1.82) is 0 Å². The first-order valence-electron chi connectivity index (χ1n) is 9.34. The zero-order valence-electron chi connectivity index (χ0n) is 15.6. The van der Waals surface area contributed by atoms with Gasteiger partial charge in [-0.15, -0.1) is 0 Å². The van der Waals surface area contributed by atoms with Gasteiger partial charge in [0.1, 0.15) is 6.04 Å². The van der Waals surface area contributed by atoms with Crippen molar-refractivity contribution in [3.63, 3.8) is 0 Å². The predicted octanol–water partition coefficient (Wildman–Crippen LogP) is 2.21. The molecule has 0 bridgehead atoms. The van der Waals surface area contributed by atoms with Gasteiger partial charge in [-0.1, -0.05) is 50.2 Å². The SMILES string of the molecule is CC(C)CC(NC(=O)c1cccc2ccccc12)C(=O)NC1CCOC1O. The summed E-state index contributed by atoms with van der Waals surface area (Å²) in [6, 6.07) is 12.1. The highest BCUT2D eigenvalue weighted by molar-refractivity contribution is 6.08. The van der Waals surface area contributed by atoms with E-state index in [9.17, 15) is 14.7 Å². The number of carbonyl (C=O) groups excluding carboxylic acids is 2. The van der Waals surface area contributed by atoms with Gasteiger partial charge in [-0.3, -0.25) is 9.59 Å². The number of hydrogen-bond donors (Lipinski definition) is 3. The number of hydrogen-bond acceptors (Lipinski definition) is 4. The fourth-order valence-corrected chi connectivity index (χ4v) is 3.36. The number of nitrogens with one attached hydrogen (secondary N) is 2. The highest BCUT2D eigenvalue weighted by Crippen LogP contribution is 2.19. The molecule has 0 aromatic heterocycles. The van der Waals surface area contributed by atoms with Crippen molar-refractivity contribution < 1.29 is 19.4 Å². The van der Waals surface area contributed by atoms with Gasteiger partial charge in [0.05, 0.1) is 12.6 Å². The maximum Gasteiger partial charge on any atom is 0.252 e. The van der Waals surface area contributed by atoms with Crippen molar-refractivity contribution in [3.8, 4) is 0 Å². The van der Waals surface area contributed by atoms with Crippen molar-refractivity contribution in [2.75, 3.05) is 6.61 Å². The van der Waals surface area contributed by atoms with Gasteiger partial charge in [0.15, 0.2) is 6.29 Å². The molecule has 1 saturated heterocycles. The minimum Gasteiger partial charge on any atom is -0.366 e. The van der Waals surface area contributed by atoms with Crippen LogP contribution in [0.15, 0.2) is 42.5 Å². The Kier molecular flexibility index (Phi) is 6.08. The van der Waals surface area contributed by atoms with Gasteiger partial charge in [-0.05, 0) is 35.6 Å². The van der Waals surface area contributed by atoms with Crippen molar-refractivity contribution >= 4 is 22.6 Å². The van der Waals surface area contributed by atoms with Gasteiger partial charge >= 0.3 is 0 Å². The minimum atomic E-state index is -0.998. The third-order valence-corrected chi connectivity index (χ3v) is 4.75. The maximum absolute atomic E-state index is 12.9. The van der Waals surface area contributed by atoms with E-state index in [0.717, 1.165) is 10.8 Å². The van der Waals surface area contributed by atoms with E-state index in [2.05, 4.69) is 10.6 Å². The fraction of sp³-hybridized carbons (Fsp3) is 0.429. The van der Waals surface area contributed by atoms with Crippen molar-refractivity contribution in [2.45, 2.75) is 45.1 Å². The van der Waals surface area contributed by atoms with Crippen LogP contribution in [0.5, 0.6) is 0 Å². The highest BCUT2D eigenvalue weighted by Gasteiger charge is 2.31. The number of aliphatic hydroxyl groups is 1. The van der Waals surface area contributed by atoms with Gasteiger partial charge in [0, 0.05) is 5.56 Å². The van der Waals surface area contributed by atoms with Crippen LogP contribution in [0.25, 0.3) is 10.8 Å². The van der Waals surface area contributed by atoms with E-state index in [1.54, 1.807) is 6.07 Å². The van der Waals surface area contributed by atoms with Crippen molar-refractivity contribution in [3.05, 3.63) is 48.0 Å². The van der Waals surface area contributed by atoms with E-state index in [1.165, 1.54) is 0 Å². The molecule has 1 heterocycles. The molecule has 144 valence electrons. The zero-order valence-corrected chi connectivity index (χ0v) is 15.6. The highest BCUT2D eigenvalue weighted by atomic mass is 16.6. The molecular formula is C21H26N2O4. The fourth-order valence-electron chi connectivity index (χ4n) is 3.36. The lowest BCUT2D eigenvalue weighted by molar-refractivity contribution is -0.127. The lowest BCUT2D eigenvalue weighted by atomic mass is 10.0. The Morgan fingerprint density at radius 2 is 1.93 bits per heavy atom. The number of amides is 2. The van der Waals surface area contributed by atoms with Crippen LogP contribution >= 0.6 is 0 Å². The van der Waals surface area contributed by atoms with Crippen LogP contribution in [-0.4, -0.2) is 41.9 Å². The molecule has 0 spiro atoms. The molecule has 0 aliphatic carbocycles. The summed E-state index contributed by atoms with van der Waals surface area (Å²) in [6.45, 7) is 4.40. The first-order chi connectivity index (χ1) is 13.0. The van der Waals surface area contributed by atoms with Crippen molar-refractivity contribution in [1.82, 2.24) is 10.6 Å². The number of ether oxygens (including phenoxy) is 1. The lowest BCUT2D eigenvalue weighted by Crippen LogP contribution is -2.51. The number of carbonyl (C=O) groups is 2. The van der Waals surface area contributed by atoms with E-state index in [0.29, 0.717) is 25.0 Å². The van der Waals surface area contributed by atoms with Crippen LogP contribution in [0.4, 0.5) is 0 Å². The standard InChI is InChI=1S/C21H26N2O4/c1-13(2)12-18(20(25)22-17-10-11-27-21(17)26)23-19(24)16-9-5-7-14-6-3-4-8-15(14)16/h3-9,13,17-18,21,26H,10-12H2,1-2H3,(H,22,25)(H,23,24). The molecule has 3 unspecified atom stereocenters. The zero-order chi connectivity index (χ0) is 19.4. The van der Waals surface area contributed by atoms with Crippen LogP contribution in [0.2, 0.25) is 0 Å². The Morgan fingerprint density at radius 1 is 1.19 bits per heavy atom. The summed E-state index contributed by atoms with van der Waals surface area (Å²) in [7, 11) is 0. The molecule has 0 radical (unpaired) electrons. The van der Waals surface area contributed by atoms with Gasteiger partial charge in [-0.25, -0.2) is 0 Å². The third kappa shape index (κ3) is 4.64. The molecule has 1 fully saturated rings. The largest absolute Gasteiger partial charge is 0.366 e.